The molecule has 1 amide bonds. The molecule has 4 rings (SSSR count). The van der Waals surface area contributed by atoms with Crippen molar-refractivity contribution in [2.24, 2.45) is 0 Å². The van der Waals surface area contributed by atoms with Crippen molar-refractivity contribution in [2.45, 2.75) is 26.4 Å². The molecule has 0 saturated heterocycles. The molecule has 1 unspecified atom stereocenters. The zero-order chi connectivity index (χ0) is 19.5. The Morgan fingerprint density at radius 1 is 1.00 bits per heavy atom. The summed E-state index contributed by atoms with van der Waals surface area (Å²) in [6.45, 7) is 5.09. The van der Waals surface area contributed by atoms with E-state index in [4.69, 9.17) is 11.6 Å². The Labute approximate surface area is 171 Å². The number of quaternary nitrogens is 1. The number of fused-ring (bicyclic) bond motifs is 1. The molecule has 1 atom stereocenters. The SMILES string of the molecule is Cc1c(Cl)cccc1NC(=O)c1ccc(C[NH+]2CCc3ccccc3C2)cc1. The van der Waals surface area contributed by atoms with Gasteiger partial charge in [0, 0.05) is 33.8 Å². The van der Waals surface area contributed by atoms with Gasteiger partial charge in [-0.25, -0.2) is 0 Å². The van der Waals surface area contributed by atoms with Gasteiger partial charge in [-0.05, 0) is 42.3 Å². The fourth-order valence-electron chi connectivity index (χ4n) is 3.79. The van der Waals surface area contributed by atoms with Gasteiger partial charge in [0.25, 0.3) is 5.91 Å². The van der Waals surface area contributed by atoms with Crippen molar-refractivity contribution in [1.82, 2.24) is 0 Å². The van der Waals surface area contributed by atoms with Crippen LogP contribution in [0.3, 0.4) is 0 Å². The Bertz CT molecular complexity index is 998. The van der Waals surface area contributed by atoms with Crippen LogP contribution in [-0.2, 0) is 19.5 Å². The minimum absolute atomic E-state index is 0.115. The molecule has 0 aliphatic carbocycles. The molecular formula is C24H24ClN2O+. The molecule has 1 aliphatic heterocycles. The van der Waals surface area contributed by atoms with Gasteiger partial charge >= 0.3 is 0 Å². The lowest BCUT2D eigenvalue weighted by molar-refractivity contribution is -0.929. The highest BCUT2D eigenvalue weighted by molar-refractivity contribution is 6.31. The summed E-state index contributed by atoms with van der Waals surface area (Å²) in [5, 5.41) is 3.60. The third-order valence-electron chi connectivity index (χ3n) is 5.49. The second kappa shape index (κ2) is 8.17. The number of carbonyl (C=O) groups excluding carboxylic acids is 1. The Balaban J connectivity index is 1.40. The molecule has 0 saturated carbocycles. The van der Waals surface area contributed by atoms with Crippen LogP contribution in [0.25, 0.3) is 0 Å². The lowest BCUT2D eigenvalue weighted by atomic mass is 9.99. The third-order valence-corrected chi connectivity index (χ3v) is 5.90. The van der Waals surface area contributed by atoms with Crippen molar-refractivity contribution in [1.29, 1.82) is 0 Å². The Morgan fingerprint density at radius 2 is 1.75 bits per heavy atom. The number of benzene rings is 3. The van der Waals surface area contributed by atoms with Gasteiger partial charge in [0.2, 0.25) is 0 Å². The summed E-state index contributed by atoms with van der Waals surface area (Å²) in [6.07, 6.45) is 1.13. The molecule has 2 N–H and O–H groups in total. The molecule has 4 heteroatoms. The van der Waals surface area contributed by atoms with Crippen molar-refractivity contribution in [3.8, 4) is 0 Å². The first-order chi connectivity index (χ1) is 13.6. The molecule has 0 aromatic heterocycles. The van der Waals surface area contributed by atoms with Crippen LogP contribution < -0.4 is 10.2 Å². The van der Waals surface area contributed by atoms with Crippen LogP contribution in [0, 0.1) is 6.92 Å². The summed E-state index contributed by atoms with van der Waals surface area (Å²) in [5.74, 6) is -0.115. The Kier molecular flexibility index (Phi) is 5.47. The van der Waals surface area contributed by atoms with E-state index in [1.807, 2.05) is 37.3 Å². The summed E-state index contributed by atoms with van der Waals surface area (Å²) in [6, 6.07) is 22.2. The summed E-state index contributed by atoms with van der Waals surface area (Å²) >= 11 is 6.13. The van der Waals surface area contributed by atoms with E-state index in [0.717, 1.165) is 37.3 Å². The molecule has 28 heavy (non-hydrogen) atoms. The number of halogens is 1. The molecule has 3 aromatic rings. The van der Waals surface area contributed by atoms with E-state index in [1.165, 1.54) is 16.7 Å². The number of nitrogens with one attached hydrogen (secondary N) is 2. The van der Waals surface area contributed by atoms with Gasteiger partial charge in [-0.15, -0.1) is 0 Å². The summed E-state index contributed by atoms with van der Waals surface area (Å²) in [7, 11) is 0. The number of rotatable bonds is 4. The van der Waals surface area contributed by atoms with Crippen LogP contribution in [0.15, 0.2) is 66.7 Å². The minimum Gasteiger partial charge on any atom is -0.327 e. The monoisotopic (exact) mass is 391 g/mol. The van der Waals surface area contributed by atoms with E-state index in [0.29, 0.717) is 10.6 Å². The standard InChI is InChI=1S/C24H23ClN2O/c1-17-22(25)7-4-8-23(17)26-24(28)20-11-9-18(10-12-20)15-27-14-13-19-5-2-3-6-21(19)16-27/h2-12H,13-16H2,1H3,(H,26,28)/p+1. The normalized spacial score (nSPS) is 15.7. The van der Waals surface area contributed by atoms with Crippen molar-refractivity contribution >= 4 is 23.2 Å². The molecule has 3 nitrogen and oxygen atoms in total. The van der Waals surface area contributed by atoms with Gasteiger partial charge in [0.1, 0.15) is 13.1 Å². The maximum absolute atomic E-state index is 12.6. The van der Waals surface area contributed by atoms with E-state index in [1.54, 1.807) is 4.90 Å². The first kappa shape index (κ1) is 18.7. The van der Waals surface area contributed by atoms with Gasteiger partial charge in [-0.2, -0.15) is 0 Å². The van der Waals surface area contributed by atoms with Crippen molar-refractivity contribution in [3.63, 3.8) is 0 Å². The van der Waals surface area contributed by atoms with Crippen molar-refractivity contribution in [2.75, 3.05) is 11.9 Å². The number of hydrogen-bond donors (Lipinski definition) is 2. The number of hydrogen-bond acceptors (Lipinski definition) is 1. The van der Waals surface area contributed by atoms with Crippen molar-refractivity contribution in [3.05, 3.63) is 99.6 Å². The summed E-state index contributed by atoms with van der Waals surface area (Å²) in [5.41, 5.74) is 6.47. The highest BCUT2D eigenvalue weighted by atomic mass is 35.5. The second-order valence-corrected chi connectivity index (χ2v) is 7.84. The Morgan fingerprint density at radius 3 is 2.54 bits per heavy atom. The zero-order valence-corrected chi connectivity index (χ0v) is 16.7. The molecule has 1 aliphatic rings. The molecule has 3 aromatic carbocycles. The second-order valence-electron chi connectivity index (χ2n) is 7.44. The predicted molar refractivity (Wildman–Crippen MR) is 114 cm³/mol. The molecular weight excluding hydrogens is 368 g/mol. The van der Waals surface area contributed by atoms with Crippen LogP contribution in [0.2, 0.25) is 5.02 Å². The maximum Gasteiger partial charge on any atom is 0.255 e. The van der Waals surface area contributed by atoms with Gasteiger partial charge in [-0.3, -0.25) is 4.79 Å². The van der Waals surface area contributed by atoms with Crippen LogP contribution >= 0.6 is 11.6 Å². The van der Waals surface area contributed by atoms with Crippen LogP contribution in [0.4, 0.5) is 5.69 Å². The molecule has 0 fully saturated rings. The fourth-order valence-corrected chi connectivity index (χ4v) is 3.97. The lowest BCUT2D eigenvalue weighted by Crippen LogP contribution is -3.10. The van der Waals surface area contributed by atoms with Crippen LogP contribution in [0.1, 0.15) is 32.6 Å². The highest BCUT2D eigenvalue weighted by Crippen LogP contribution is 2.23. The fraction of sp³-hybridized carbons (Fsp3) is 0.208. The molecule has 0 radical (unpaired) electrons. The summed E-state index contributed by atoms with van der Waals surface area (Å²) < 4.78 is 0. The Hall–Kier alpha value is -2.62. The van der Waals surface area contributed by atoms with Crippen LogP contribution in [-0.4, -0.2) is 12.5 Å². The lowest BCUT2D eigenvalue weighted by Gasteiger charge is -2.26. The number of amides is 1. The maximum atomic E-state index is 12.6. The van der Waals surface area contributed by atoms with E-state index >= 15 is 0 Å². The van der Waals surface area contributed by atoms with Gasteiger partial charge in [-0.1, -0.05) is 54.1 Å². The third kappa shape index (κ3) is 4.11. The van der Waals surface area contributed by atoms with E-state index in [9.17, 15) is 4.79 Å². The predicted octanol–water partition coefficient (Wildman–Crippen LogP) is 4.04. The molecule has 142 valence electrons. The molecule has 0 bridgehead atoms. The largest absolute Gasteiger partial charge is 0.327 e. The van der Waals surface area contributed by atoms with Gasteiger partial charge in [0.15, 0.2) is 0 Å². The average molecular weight is 392 g/mol. The number of carbonyl (C=O) groups is 1. The highest BCUT2D eigenvalue weighted by Gasteiger charge is 2.19. The number of anilines is 1. The van der Waals surface area contributed by atoms with E-state index < -0.39 is 0 Å². The topological polar surface area (TPSA) is 33.5 Å². The minimum atomic E-state index is -0.115. The van der Waals surface area contributed by atoms with Crippen molar-refractivity contribution < 1.29 is 9.69 Å². The van der Waals surface area contributed by atoms with E-state index in [2.05, 4.69) is 41.7 Å². The summed E-state index contributed by atoms with van der Waals surface area (Å²) in [4.78, 5) is 14.1. The molecule has 1 heterocycles. The molecule has 0 spiro atoms. The first-order valence-corrected chi connectivity index (χ1v) is 10.0. The zero-order valence-electron chi connectivity index (χ0n) is 16.0. The van der Waals surface area contributed by atoms with Crippen LogP contribution in [0.5, 0.6) is 0 Å². The smallest absolute Gasteiger partial charge is 0.255 e. The average Bonchev–Trinajstić information content (AvgIpc) is 2.72. The quantitative estimate of drug-likeness (QED) is 0.691. The van der Waals surface area contributed by atoms with Gasteiger partial charge < -0.3 is 10.2 Å². The van der Waals surface area contributed by atoms with Gasteiger partial charge in [0.05, 0.1) is 6.54 Å². The first-order valence-electron chi connectivity index (χ1n) is 9.66. The van der Waals surface area contributed by atoms with E-state index in [-0.39, 0.29) is 5.91 Å².